The lowest BCUT2D eigenvalue weighted by molar-refractivity contribution is -0.115. The van der Waals surface area contributed by atoms with Gasteiger partial charge < -0.3 is 19.7 Å². The number of nitrogens with zero attached hydrogens (tertiary/aromatic N) is 1. The van der Waals surface area contributed by atoms with Crippen LogP contribution < -0.4 is 14.8 Å². The zero-order valence-electron chi connectivity index (χ0n) is 18.8. The summed E-state index contributed by atoms with van der Waals surface area (Å²) in [6, 6.07) is 22.6. The fourth-order valence-electron chi connectivity index (χ4n) is 3.91. The van der Waals surface area contributed by atoms with Crippen molar-refractivity contribution in [1.82, 2.24) is 4.90 Å². The number of anilines is 1. The lowest BCUT2D eigenvalue weighted by Gasteiger charge is -2.20. The van der Waals surface area contributed by atoms with Crippen LogP contribution in [-0.4, -0.2) is 36.9 Å². The summed E-state index contributed by atoms with van der Waals surface area (Å²) in [7, 11) is 1.54. The van der Waals surface area contributed by atoms with Crippen LogP contribution in [-0.2, 0) is 17.8 Å². The standard InChI is InChI=1S/C27H28N2O4/c1-32-24-17-22(27(31)29-14-8-9-15-29)23(28-26(30)16-20-10-4-2-5-11-20)18-25(24)33-19-21-12-6-3-7-13-21/h2-7,10-13,17-18H,8-9,14-16,19H2,1H3,(H,28,30). The summed E-state index contributed by atoms with van der Waals surface area (Å²) in [5, 5.41) is 2.93. The monoisotopic (exact) mass is 444 g/mol. The van der Waals surface area contributed by atoms with E-state index in [1.807, 2.05) is 65.6 Å². The second kappa shape index (κ2) is 10.7. The summed E-state index contributed by atoms with van der Waals surface area (Å²) < 4.78 is 11.5. The highest BCUT2D eigenvalue weighted by molar-refractivity contribution is 6.05. The normalized spacial score (nSPS) is 12.9. The molecule has 170 valence electrons. The zero-order chi connectivity index (χ0) is 23.0. The van der Waals surface area contributed by atoms with Gasteiger partial charge in [0, 0.05) is 19.2 Å². The van der Waals surface area contributed by atoms with Crippen molar-refractivity contribution < 1.29 is 19.1 Å². The number of rotatable bonds is 8. The molecule has 3 aromatic carbocycles. The maximum absolute atomic E-state index is 13.2. The van der Waals surface area contributed by atoms with Crippen LogP contribution in [0.15, 0.2) is 72.8 Å². The first kappa shape index (κ1) is 22.4. The SMILES string of the molecule is COc1cc(C(=O)N2CCCC2)c(NC(=O)Cc2ccccc2)cc1OCc1ccccc1. The van der Waals surface area contributed by atoms with Crippen LogP contribution in [0.1, 0.15) is 34.3 Å². The summed E-state index contributed by atoms with van der Waals surface area (Å²) in [4.78, 5) is 27.9. The molecule has 2 amide bonds. The van der Waals surface area contributed by atoms with E-state index in [9.17, 15) is 9.59 Å². The Morgan fingerprint density at radius 2 is 1.52 bits per heavy atom. The Balaban J connectivity index is 1.62. The van der Waals surface area contributed by atoms with Gasteiger partial charge in [0.15, 0.2) is 11.5 Å². The molecule has 6 nitrogen and oxygen atoms in total. The van der Waals surface area contributed by atoms with Crippen LogP contribution in [0, 0.1) is 0 Å². The quantitative estimate of drug-likeness (QED) is 0.547. The molecule has 0 spiro atoms. The highest BCUT2D eigenvalue weighted by Crippen LogP contribution is 2.35. The molecule has 0 aromatic heterocycles. The molecule has 3 aromatic rings. The second-order valence-corrected chi connectivity index (χ2v) is 8.03. The van der Waals surface area contributed by atoms with E-state index in [1.54, 1.807) is 19.2 Å². The van der Waals surface area contributed by atoms with Gasteiger partial charge in [0.25, 0.3) is 5.91 Å². The third-order valence-corrected chi connectivity index (χ3v) is 5.65. The van der Waals surface area contributed by atoms with Gasteiger partial charge in [0.05, 0.1) is 24.8 Å². The van der Waals surface area contributed by atoms with Crippen molar-refractivity contribution in [3.05, 3.63) is 89.5 Å². The highest BCUT2D eigenvalue weighted by Gasteiger charge is 2.25. The third-order valence-electron chi connectivity index (χ3n) is 5.65. The fraction of sp³-hybridized carbons (Fsp3) is 0.259. The Bertz CT molecular complexity index is 1090. The Hall–Kier alpha value is -3.80. The molecule has 0 bridgehead atoms. The van der Waals surface area contributed by atoms with Gasteiger partial charge in [-0.15, -0.1) is 0 Å². The first-order valence-corrected chi connectivity index (χ1v) is 11.2. The molecule has 0 saturated carbocycles. The van der Waals surface area contributed by atoms with Gasteiger partial charge in [-0.1, -0.05) is 60.7 Å². The van der Waals surface area contributed by atoms with E-state index in [1.165, 1.54) is 0 Å². The van der Waals surface area contributed by atoms with Gasteiger partial charge in [-0.3, -0.25) is 9.59 Å². The molecule has 33 heavy (non-hydrogen) atoms. The van der Waals surface area contributed by atoms with Crippen molar-refractivity contribution in [2.75, 3.05) is 25.5 Å². The van der Waals surface area contributed by atoms with Crippen LogP contribution in [0.2, 0.25) is 0 Å². The number of amides is 2. The minimum atomic E-state index is -0.198. The molecule has 0 atom stereocenters. The predicted molar refractivity (Wildman–Crippen MR) is 128 cm³/mol. The molecule has 0 aliphatic carbocycles. The lowest BCUT2D eigenvalue weighted by Crippen LogP contribution is -2.29. The maximum Gasteiger partial charge on any atom is 0.256 e. The number of carbonyl (C=O) groups is 2. The van der Waals surface area contributed by atoms with Gasteiger partial charge in [-0.2, -0.15) is 0 Å². The van der Waals surface area contributed by atoms with E-state index in [-0.39, 0.29) is 18.2 Å². The van der Waals surface area contributed by atoms with Crippen molar-refractivity contribution in [1.29, 1.82) is 0 Å². The van der Waals surface area contributed by atoms with E-state index in [0.717, 1.165) is 24.0 Å². The van der Waals surface area contributed by atoms with Gasteiger partial charge >= 0.3 is 0 Å². The van der Waals surface area contributed by atoms with Gasteiger partial charge in [0.2, 0.25) is 5.91 Å². The minimum Gasteiger partial charge on any atom is -0.493 e. The summed E-state index contributed by atoms with van der Waals surface area (Å²) in [6.45, 7) is 1.77. The summed E-state index contributed by atoms with van der Waals surface area (Å²) in [5.74, 6) is 0.607. The topological polar surface area (TPSA) is 67.9 Å². The number of nitrogens with one attached hydrogen (secondary N) is 1. The molecular formula is C27H28N2O4. The molecule has 1 aliphatic rings. The molecular weight excluding hydrogens is 416 g/mol. The second-order valence-electron chi connectivity index (χ2n) is 8.03. The zero-order valence-corrected chi connectivity index (χ0v) is 18.8. The summed E-state index contributed by atoms with van der Waals surface area (Å²) in [6.07, 6.45) is 2.18. The molecule has 4 rings (SSSR count). The molecule has 1 N–H and O–H groups in total. The van der Waals surface area contributed by atoms with Crippen molar-refractivity contribution in [3.8, 4) is 11.5 Å². The molecule has 0 radical (unpaired) electrons. The maximum atomic E-state index is 13.2. The van der Waals surface area contributed by atoms with Gasteiger partial charge in [-0.25, -0.2) is 0 Å². The molecule has 6 heteroatoms. The van der Waals surface area contributed by atoms with Gasteiger partial charge in [-0.05, 0) is 30.0 Å². The summed E-state index contributed by atoms with van der Waals surface area (Å²) in [5.41, 5.74) is 2.74. The van der Waals surface area contributed by atoms with E-state index in [0.29, 0.717) is 42.4 Å². The number of carbonyl (C=O) groups excluding carboxylic acids is 2. The minimum absolute atomic E-state index is 0.115. The predicted octanol–water partition coefficient (Wildman–Crippen LogP) is 4.69. The Kier molecular flexibility index (Phi) is 7.25. The van der Waals surface area contributed by atoms with Crippen molar-refractivity contribution in [3.63, 3.8) is 0 Å². The average Bonchev–Trinajstić information content (AvgIpc) is 3.39. The van der Waals surface area contributed by atoms with Crippen LogP contribution in [0.4, 0.5) is 5.69 Å². The number of methoxy groups -OCH3 is 1. The molecule has 1 fully saturated rings. The largest absolute Gasteiger partial charge is 0.493 e. The average molecular weight is 445 g/mol. The Labute approximate surface area is 194 Å². The van der Waals surface area contributed by atoms with Crippen LogP contribution in [0.5, 0.6) is 11.5 Å². The highest BCUT2D eigenvalue weighted by atomic mass is 16.5. The molecule has 0 unspecified atom stereocenters. The first-order valence-electron chi connectivity index (χ1n) is 11.2. The first-order chi connectivity index (χ1) is 16.1. The summed E-state index contributed by atoms with van der Waals surface area (Å²) >= 11 is 0. The number of benzene rings is 3. The van der Waals surface area contributed by atoms with E-state index < -0.39 is 0 Å². The van der Waals surface area contributed by atoms with Crippen LogP contribution >= 0.6 is 0 Å². The number of hydrogen-bond donors (Lipinski definition) is 1. The van der Waals surface area contributed by atoms with Crippen molar-refractivity contribution in [2.45, 2.75) is 25.9 Å². The smallest absolute Gasteiger partial charge is 0.256 e. The third kappa shape index (κ3) is 5.71. The van der Waals surface area contributed by atoms with E-state index >= 15 is 0 Å². The Morgan fingerprint density at radius 3 is 2.15 bits per heavy atom. The van der Waals surface area contributed by atoms with Crippen LogP contribution in [0.25, 0.3) is 0 Å². The van der Waals surface area contributed by atoms with Gasteiger partial charge in [0.1, 0.15) is 6.61 Å². The van der Waals surface area contributed by atoms with Crippen molar-refractivity contribution >= 4 is 17.5 Å². The molecule has 1 saturated heterocycles. The number of ether oxygens (including phenoxy) is 2. The van der Waals surface area contributed by atoms with E-state index in [2.05, 4.69) is 5.32 Å². The number of likely N-dealkylation sites (tertiary alicyclic amines) is 1. The van der Waals surface area contributed by atoms with E-state index in [4.69, 9.17) is 9.47 Å². The lowest BCUT2D eigenvalue weighted by atomic mass is 10.1. The number of hydrogen-bond acceptors (Lipinski definition) is 4. The Morgan fingerprint density at radius 1 is 0.879 bits per heavy atom. The molecule has 1 aliphatic heterocycles. The van der Waals surface area contributed by atoms with Crippen LogP contribution in [0.3, 0.4) is 0 Å². The molecule has 1 heterocycles. The fourth-order valence-corrected chi connectivity index (χ4v) is 3.91. The van der Waals surface area contributed by atoms with Crippen molar-refractivity contribution in [2.24, 2.45) is 0 Å².